The molecule has 4 rings (SSSR count). The summed E-state index contributed by atoms with van der Waals surface area (Å²) in [4.78, 5) is 14.9. The summed E-state index contributed by atoms with van der Waals surface area (Å²) in [5.41, 5.74) is 3.75. The van der Waals surface area contributed by atoms with E-state index in [2.05, 4.69) is 25.7 Å². The Kier molecular flexibility index (Phi) is 5.70. The van der Waals surface area contributed by atoms with E-state index in [9.17, 15) is 4.79 Å². The second-order valence-corrected chi connectivity index (χ2v) is 7.35. The molecular weight excluding hydrogens is 362 g/mol. The van der Waals surface area contributed by atoms with Crippen molar-refractivity contribution in [2.24, 2.45) is 5.92 Å². The number of carbonyl (C=O) groups excluding carboxylic acids is 1. The van der Waals surface area contributed by atoms with Gasteiger partial charge < -0.3 is 15.5 Å². The minimum Gasteiger partial charge on any atom is -0.356 e. The Hall–Kier alpha value is -3.41. The Balaban J connectivity index is 1.29. The van der Waals surface area contributed by atoms with E-state index in [0.717, 1.165) is 54.5 Å². The van der Waals surface area contributed by atoms with Gasteiger partial charge in [-0.2, -0.15) is 5.10 Å². The van der Waals surface area contributed by atoms with Crippen molar-refractivity contribution in [2.45, 2.75) is 19.8 Å². The smallest absolute Gasteiger partial charge is 0.227 e. The number of piperidine rings is 1. The van der Waals surface area contributed by atoms with E-state index in [-0.39, 0.29) is 11.8 Å². The number of nitrogens with one attached hydrogen (secondary N) is 2. The van der Waals surface area contributed by atoms with Crippen molar-refractivity contribution in [3.63, 3.8) is 0 Å². The molecule has 0 unspecified atom stereocenters. The number of amides is 1. The summed E-state index contributed by atoms with van der Waals surface area (Å²) in [5, 5.41) is 14.8. The van der Waals surface area contributed by atoms with Gasteiger partial charge in [-0.15, -0.1) is 5.10 Å². The molecule has 1 saturated heterocycles. The van der Waals surface area contributed by atoms with E-state index in [1.807, 2.05) is 73.7 Å². The van der Waals surface area contributed by atoms with Gasteiger partial charge in [-0.25, -0.2) is 0 Å². The molecule has 2 aromatic carbocycles. The molecule has 2 N–H and O–H groups in total. The first kappa shape index (κ1) is 18.9. The van der Waals surface area contributed by atoms with Crippen molar-refractivity contribution >= 4 is 28.8 Å². The molecule has 3 aromatic rings. The molecule has 148 valence electrons. The molecule has 1 aromatic heterocycles. The van der Waals surface area contributed by atoms with Crippen molar-refractivity contribution < 1.29 is 4.79 Å². The number of benzene rings is 2. The van der Waals surface area contributed by atoms with Gasteiger partial charge in [0.1, 0.15) is 0 Å². The first-order valence-electron chi connectivity index (χ1n) is 9.96. The van der Waals surface area contributed by atoms with E-state index in [4.69, 9.17) is 0 Å². The van der Waals surface area contributed by atoms with Gasteiger partial charge in [0.05, 0.1) is 5.69 Å². The third-order valence-electron chi connectivity index (χ3n) is 5.19. The Labute approximate surface area is 171 Å². The first-order valence-corrected chi connectivity index (χ1v) is 9.96. The Morgan fingerprint density at radius 2 is 1.52 bits per heavy atom. The summed E-state index contributed by atoms with van der Waals surface area (Å²) >= 11 is 0. The van der Waals surface area contributed by atoms with Crippen LogP contribution >= 0.6 is 0 Å². The van der Waals surface area contributed by atoms with Crippen molar-refractivity contribution in [1.29, 1.82) is 0 Å². The van der Waals surface area contributed by atoms with E-state index >= 15 is 0 Å². The van der Waals surface area contributed by atoms with Crippen LogP contribution in [0.4, 0.5) is 22.9 Å². The fraction of sp³-hybridized carbons (Fsp3) is 0.261. The van der Waals surface area contributed by atoms with Gasteiger partial charge in [-0.05, 0) is 68.3 Å². The van der Waals surface area contributed by atoms with Crippen molar-refractivity contribution in [3.8, 4) is 0 Å². The van der Waals surface area contributed by atoms with Gasteiger partial charge in [0.2, 0.25) is 5.91 Å². The third-order valence-corrected chi connectivity index (χ3v) is 5.19. The van der Waals surface area contributed by atoms with Crippen LogP contribution < -0.4 is 15.5 Å². The summed E-state index contributed by atoms with van der Waals surface area (Å²) in [6, 6.07) is 21.8. The maximum absolute atomic E-state index is 12.7. The summed E-state index contributed by atoms with van der Waals surface area (Å²) in [7, 11) is 0. The predicted octanol–water partition coefficient (Wildman–Crippen LogP) is 4.38. The van der Waals surface area contributed by atoms with Gasteiger partial charge in [0, 0.05) is 36.1 Å². The number of nitrogens with zero attached hydrogens (tertiary/aromatic N) is 3. The highest BCUT2D eigenvalue weighted by Crippen LogP contribution is 2.24. The highest BCUT2D eigenvalue weighted by Gasteiger charge is 2.25. The van der Waals surface area contributed by atoms with Crippen LogP contribution in [0.3, 0.4) is 0 Å². The zero-order chi connectivity index (χ0) is 20.1. The van der Waals surface area contributed by atoms with Gasteiger partial charge in [0.25, 0.3) is 0 Å². The number of aryl methyl sites for hydroxylation is 1. The van der Waals surface area contributed by atoms with Gasteiger partial charge in [-0.1, -0.05) is 18.2 Å². The number of hydrogen-bond donors (Lipinski definition) is 2. The molecule has 0 aliphatic carbocycles. The summed E-state index contributed by atoms with van der Waals surface area (Å²) in [5.74, 6) is 0.992. The zero-order valence-corrected chi connectivity index (χ0v) is 16.5. The fourth-order valence-corrected chi connectivity index (χ4v) is 3.50. The van der Waals surface area contributed by atoms with Crippen LogP contribution in [0.5, 0.6) is 0 Å². The Morgan fingerprint density at radius 1 is 0.862 bits per heavy atom. The van der Waals surface area contributed by atoms with Crippen LogP contribution in [0, 0.1) is 12.8 Å². The highest BCUT2D eigenvalue weighted by molar-refractivity contribution is 5.93. The lowest BCUT2D eigenvalue weighted by Crippen LogP contribution is -2.38. The van der Waals surface area contributed by atoms with E-state index in [1.165, 1.54) is 0 Å². The van der Waals surface area contributed by atoms with Crippen LogP contribution in [-0.4, -0.2) is 29.2 Å². The number of aromatic nitrogens is 2. The molecule has 1 amide bonds. The molecule has 0 atom stereocenters. The first-order chi connectivity index (χ1) is 14.2. The van der Waals surface area contributed by atoms with E-state index < -0.39 is 0 Å². The number of para-hydroxylation sites is 1. The van der Waals surface area contributed by atoms with Gasteiger partial charge >= 0.3 is 0 Å². The molecule has 0 bridgehead atoms. The fourth-order valence-electron chi connectivity index (χ4n) is 3.50. The monoisotopic (exact) mass is 387 g/mol. The molecule has 6 heteroatoms. The maximum Gasteiger partial charge on any atom is 0.227 e. The number of hydrogen-bond acceptors (Lipinski definition) is 5. The lowest BCUT2D eigenvalue weighted by atomic mass is 9.96. The average molecular weight is 387 g/mol. The average Bonchev–Trinajstić information content (AvgIpc) is 2.76. The van der Waals surface area contributed by atoms with Crippen LogP contribution in [-0.2, 0) is 4.79 Å². The van der Waals surface area contributed by atoms with Crippen LogP contribution in [0.1, 0.15) is 18.5 Å². The largest absolute Gasteiger partial charge is 0.356 e. The molecule has 0 saturated carbocycles. The quantitative estimate of drug-likeness (QED) is 0.680. The lowest BCUT2D eigenvalue weighted by molar-refractivity contribution is -0.120. The van der Waals surface area contributed by atoms with Crippen LogP contribution in [0.15, 0.2) is 66.7 Å². The molecule has 1 fully saturated rings. The third kappa shape index (κ3) is 4.90. The maximum atomic E-state index is 12.7. The molecule has 1 aliphatic heterocycles. The minimum atomic E-state index is 0.0202. The molecule has 6 nitrogen and oxygen atoms in total. The zero-order valence-electron chi connectivity index (χ0n) is 16.5. The Morgan fingerprint density at radius 3 is 2.17 bits per heavy atom. The number of anilines is 4. The number of rotatable bonds is 5. The van der Waals surface area contributed by atoms with Gasteiger partial charge in [-0.3, -0.25) is 4.79 Å². The molecule has 2 heterocycles. The second-order valence-electron chi connectivity index (χ2n) is 7.35. The topological polar surface area (TPSA) is 70.2 Å². The molecule has 0 radical (unpaired) electrons. The summed E-state index contributed by atoms with van der Waals surface area (Å²) in [6.07, 6.45) is 1.63. The lowest BCUT2D eigenvalue weighted by Gasteiger charge is -2.31. The molecule has 29 heavy (non-hydrogen) atoms. The SMILES string of the molecule is Cc1ccc(N2CCC(C(=O)Nc3ccc(Nc4ccccc4)cc3)CC2)nn1. The standard InChI is InChI=1S/C23H25N5O/c1-17-7-12-22(27-26-17)28-15-13-18(14-16-28)23(29)25-21-10-8-20(9-11-21)24-19-5-3-2-4-6-19/h2-12,18,24H,13-16H2,1H3,(H,25,29). The number of carbonyl (C=O) groups is 1. The minimum absolute atomic E-state index is 0.0202. The van der Waals surface area contributed by atoms with Crippen molar-refractivity contribution in [1.82, 2.24) is 10.2 Å². The summed E-state index contributed by atoms with van der Waals surface area (Å²) in [6.45, 7) is 3.56. The Bertz CT molecular complexity index is 933. The molecular formula is C23H25N5O. The van der Waals surface area contributed by atoms with Crippen molar-refractivity contribution in [3.05, 3.63) is 72.4 Å². The van der Waals surface area contributed by atoms with E-state index in [0.29, 0.717) is 0 Å². The molecule has 1 aliphatic rings. The van der Waals surface area contributed by atoms with Crippen molar-refractivity contribution in [2.75, 3.05) is 28.6 Å². The van der Waals surface area contributed by atoms with E-state index in [1.54, 1.807) is 0 Å². The van der Waals surface area contributed by atoms with Gasteiger partial charge in [0.15, 0.2) is 5.82 Å². The second kappa shape index (κ2) is 8.73. The van der Waals surface area contributed by atoms with Crippen LogP contribution in [0.25, 0.3) is 0 Å². The predicted molar refractivity (Wildman–Crippen MR) is 117 cm³/mol. The molecule has 0 spiro atoms. The highest BCUT2D eigenvalue weighted by atomic mass is 16.1. The normalized spacial score (nSPS) is 14.4. The summed E-state index contributed by atoms with van der Waals surface area (Å²) < 4.78 is 0. The van der Waals surface area contributed by atoms with Crippen LogP contribution in [0.2, 0.25) is 0 Å².